The number of ether oxygens (including phenoxy) is 2. The molecule has 10 nitrogen and oxygen atoms in total. The molecule has 0 bridgehead atoms. The van der Waals surface area contributed by atoms with E-state index in [1.807, 2.05) is 0 Å². The van der Waals surface area contributed by atoms with Gasteiger partial charge in [-0.05, 0) is 38.1 Å². The molecule has 3 aromatic rings. The molecule has 30 heavy (non-hydrogen) atoms. The molecule has 0 saturated carbocycles. The van der Waals surface area contributed by atoms with Crippen molar-refractivity contribution in [2.24, 2.45) is 7.05 Å². The van der Waals surface area contributed by atoms with E-state index in [1.54, 1.807) is 37.7 Å². The van der Waals surface area contributed by atoms with Crippen molar-refractivity contribution < 1.29 is 23.8 Å². The predicted molar refractivity (Wildman–Crippen MR) is 103 cm³/mol. The quantitative estimate of drug-likeness (QED) is 0.598. The Bertz CT molecular complexity index is 1000. The number of aryl methyl sites for hydroxylation is 1. The molecule has 1 amide bonds. The molecule has 0 spiro atoms. The molecular weight excluding hydrogens is 395 g/mol. The first kappa shape index (κ1) is 21.1. The van der Waals surface area contributed by atoms with Crippen LogP contribution in [-0.2, 0) is 13.7 Å². The van der Waals surface area contributed by atoms with E-state index in [0.29, 0.717) is 17.0 Å². The van der Waals surface area contributed by atoms with Crippen LogP contribution in [0.2, 0.25) is 0 Å². The van der Waals surface area contributed by atoms with Crippen molar-refractivity contribution in [2.45, 2.75) is 26.0 Å². The first-order valence-corrected chi connectivity index (χ1v) is 8.99. The van der Waals surface area contributed by atoms with Crippen LogP contribution in [0, 0.1) is 5.82 Å². The Morgan fingerprint density at radius 2 is 1.80 bits per heavy atom. The first-order chi connectivity index (χ1) is 14.3. The van der Waals surface area contributed by atoms with E-state index in [2.05, 4.69) is 25.8 Å². The van der Waals surface area contributed by atoms with Gasteiger partial charge in [-0.25, -0.2) is 13.9 Å². The summed E-state index contributed by atoms with van der Waals surface area (Å²) in [5, 5.41) is 27.4. The molecule has 11 heteroatoms. The molecule has 0 atom stereocenters. The van der Waals surface area contributed by atoms with Crippen molar-refractivity contribution in [3.63, 3.8) is 0 Å². The van der Waals surface area contributed by atoms with Crippen LogP contribution in [0.1, 0.15) is 19.5 Å². The molecule has 2 N–H and O–H groups in total. The number of hydrogen-bond acceptors (Lipinski definition) is 8. The van der Waals surface area contributed by atoms with Crippen LogP contribution in [-0.4, -0.2) is 48.5 Å². The fraction of sp³-hybridized carbons (Fsp3) is 0.316. The zero-order valence-corrected chi connectivity index (χ0v) is 16.7. The maximum Gasteiger partial charge on any atom is 0.414 e. The average molecular weight is 416 g/mol. The van der Waals surface area contributed by atoms with Gasteiger partial charge in [-0.1, -0.05) is 5.21 Å². The Morgan fingerprint density at radius 3 is 2.43 bits per heavy atom. The summed E-state index contributed by atoms with van der Waals surface area (Å²) < 4.78 is 25.4. The van der Waals surface area contributed by atoms with Crippen LogP contribution < -0.4 is 14.8 Å². The van der Waals surface area contributed by atoms with E-state index >= 15 is 0 Å². The highest BCUT2D eigenvalue weighted by atomic mass is 19.1. The van der Waals surface area contributed by atoms with Gasteiger partial charge in [0.25, 0.3) is 0 Å². The van der Waals surface area contributed by atoms with Gasteiger partial charge in [0.05, 0.1) is 12.1 Å². The van der Waals surface area contributed by atoms with Crippen molar-refractivity contribution in [3.8, 4) is 23.0 Å². The standard InChI is InChI=1S/C19H21FN6O4/c1-19(2,11-27)21-18(28)30-16-9-8-15(22-23-16)29-10-14-17(24-25-26(14)3)12-4-6-13(20)7-5-12/h4-9,27H,10-11H2,1-3H3,(H,21,28). The minimum atomic E-state index is -0.826. The van der Waals surface area contributed by atoms with Gasteiger partial charge in [-0.15, -0.1) is 15.3 Å². The first-order valence-electron chi connectivity index (χ1n) is 8.99. The summed E-state index contributed by atoms with van der Waals surface area (Å²) in [7, 11) is 1.72. The molecule has 0 radical (unpaired) electrons. The third-order valence-corrected chi connectivity index (χ3v) is 4.07. The van der Waals surface area contributed by atoms with Gasteiger partial charge in [0.2, 0.25) is 11.8 Å². The fourth-order valence-electron chi connectivity index (χ4n) is 2.39. The number of halogens is 1. The van der Waals surface area contributed by atoms with Crippen LogP contribution in [0.4, 0.5) is 9.18 Å². The monoisotopic (exact) mass is 416 g/mol. The minimum Gasteiger partial charge on any atom is -0.470 e. The average Bonchev–Trinajstić information content (AvgIpc) is 3.08. The third kappa shape index (κ3) is 5.26. The van der Waals surface area contributed by atoms with E-state index in [0.717, 1.165) is 0 Å². The number of aliphatic hydroxyl groups is 1. The van der Waals surface area contributed by atoms with Gasteiger partial charge in [-0.2, -0.15) is 0 Å². The Morgan fingerprint density at radius 1 is 1.13 bits per heavy atom. The molecule has 158 valence electrons. The summed E-state index contributed by atoms with van der Waals surface area (Å²) in [6.45, 7) is 3.13. The van der Waals surface area contributed by atoms with E-state index in [9.17, 15) is 9.18 Å². The molecule has 0 unspecified atom stereocenters. The van der Waals surface area contributed by atoms with Gasteiger partial charge < -0.3 is 19.9 Å². The molecule has 0 aliphatic carbocycles. The van der Waals surface area contributed by atoms with Crippen molar-refractivity contribution in [3.05, 3.63) is 47.9 Å². The van der Waals surface area contributed by atoms with Crippen LogP contribution >= 0.6 is 0 Å². The molecular formula is C19H21FN6O4. The maximum absolute atomic E-state index is 13.2. The normalized spacial score (nSPS) is 11.2. The van der Waals surface area contributed by atoms with Crippen molar-refractivity contribution >= 4 is 6.09 Å². The Hall–Kier alpha value is -3.60. The summed E-state index contributed by atoms with van der Waals surface area (Å²) in [5.74, 6) is -0.167. The summed E-state index contributed by atoms with van der Waals surface area (Å²) >= 11 is 0. The second kappa shape index (κ2) is 8.82. The zero-order valence-electron chi connectivity index (χ0n) is 16.7. The van der Waals surface area contributed by atoms with Gasteiger partial charge in [0, 0.05) is 24.7 Å². The molecule has 0 saturated heterocycles. The smallest absolute Gasteiger partial charge is 0.414 e. The lowest BCUT2D eigenvalue weighted by Crippen LogP contribution is -2.47. The lowest BCUT2D eigenvalue weighted by Gasteiger charge is -2.22. The van der Waals surface area contributed by atoms with Gasteiger partial charge in [-0.3, -0.25) is 0 Å². The summed E-state index contributed by atoms with van der Waals surface area (Å²) in [4.78, 5) is 11.8. The number of benzene rings is 1. The molecule has 2 aromatic heterocycles. The number of carbonyl (C=O) groups excluding carboxylic acids is 1. The van der Waals surface area contributed by atoms with Crippen molar-refractivity contribution in [1.82, 2.24) is 30.5 Å². The van der Waals surface area contributed by atoms with E-state index < -0.39 is 11.6 Å². The Balaban J connectivity index is 1.63. The highest BCUT2D eigenvalue weighted by molar-refractivity contribution is 5.70. The minimum absolute atomic E-state index is 0.0252. The number of amides is 1. The van der Waals surface area contributed by atoms with Gasteiger partial charge in [0.1, 0.15) is 23.8 Å². The summed E-state index contributed by atoms with van der Waals surface area (Å²) in [5.41, 5.74) is 1.10. The lowest BCUT2D eigenvalue weighted by molar-refractivity contribution is 0.157. The second-order valence-electron chi connectivity index (χ2n) is 7.07. The van der Waals surface area contributed by atoms with E-state index in [-0.39, 0.29) is 30.8 Å². The van der Waals surface area contributed by atoms with Crippen molar-refractivity contribution in [2.75, 3.05) is 6.61 Å². The largest absolute Gasteiger partial charge is 0.470 e. The lowest BCUT2D eigenvalue weighted by atomic mass is 10.1. The van der Waals surface area contributed by atoms with E-state index in [1.165, 1.54) is 24.3 Å². The number of hydrogen-bond donors (Lipinski definition) is 2. The second-order valence-corrected chi connectivity index (χ2v) is 7.07. The maximum atomic E-state index is 13.2. The number of rotatable bonds is 7. The number of aromatic nitrogens is 5. The summed E-state index contributed by atoms with van der Waals surface area (Å²) in [6, 6.07) is 8.83. The number of nitrogens with one attached hydrogen (secondary N) is 1. The van der Waals surface area contributed by atoms with Gasteiger partial charge >= 0.3 is 6.09 Å². The Labute approximate surface area is 171 Å². The SMILES string of the molecule is Cn1nnc(-c2ccc(F)cc2)c1COc1ccc(OC(=O)NC(C)(C)CO)nn1. The molecule has 0 fully saturated rings. The predicted octanol–water partition coefficient (Wildman–Crippen LogP) is 1.85. The van der Waals surface area contributed by atoms with Crippen molar-refractivity contribution in [1.29, 1.82) is 0 Å². The molecule has 3 rings (SSSR count). The van der Waals surface area contributed by atoms with Crippen LogP contribution in [0.3, 0.4) is 0 Å². The van der Waals surface area contributed by atoms with Crippen LogP contribution in [0.15, 0.2) is 36.4 Å². The third-order valence-electron chi connectivity index (χ3n) is 4.07. The highest BCUT2D eigenvalue weighted by Crippen LogP contribution is 2.22. The van der Waals surface area contributed by atoms with E-state index in [4.69, 9.17) is 14.6 Å². The fourth-order valence-corrected chi connectivity index (χ4v) is 2.39. The number of aliphatic hydroxyl groups excluding tert-OH is 1. The number of carbonyl (C=O) groups is 1. The number of nitrogens with zero attached hydrogens (tertiary/aromatic N) is 5. The molecule has 0 aliphatic rings. The molecule has 1 aromatic carbocycles. The van der Waals surface area contributed by atoms with Crippen LogP contribution in [0.5, 0.6) is 11.8 Å². The topological polar surface area (TPSA) is 124 Å². The Kier molecular flexibility index (Phi) is 6.21. The summed E-state index contributed by atoms with van der Waals surface area (Å²) in [6.07, 6.45) is -0.762. The van der Waals surface area contributed by atoms with Crippen LogP contribution in [0.25, 0.3) is 11.3 Å². The van der Waals surface area contributed by atoms with Gasteiger partial charge in [0.15, 0.2) is 0 Å². The zero-order chi connectivity index (χ0) is 21.7. The molecule has 0 aliphatic heterocycles. The highest BCUT2D eigenvalue weighted by Gasteiger charge is 2.21. The molecule has 2 heterocycles.